The summed E-state index contributed by atoms with van der Waals surface area (Å²) in [5.41, 5.74) is 6.59. The van der Waals surface area contributed by atoms with Gasteiger partial charge in [-0.3, -0.25) is 4.79 Å². The highest BCUT2D eigenvalue weighted by Gasteiger charge is 2.45. The van der Waals surface area contributed by atoms with Crippen LogP contribution in [-0.2, 0) is 0 Å². The summed E-state index contributed by atoms with van der Waals surface area (Å²) in [6.07, 6.45) is 1.19. The van der Waals surface area contributed by atoms with Crippen molar-refractivity contribution < 1.29 is 4.79 Å². The molecule has 3 N–H and O–H groups in total. The summed E-state index contributed by atoms with van der Waals surface area (Å²) in [7, 11) is 0. The molecule has 2 rings (SSSR count). The van der Waals surface area contributed by atoms with Gasteiger partial charge in [0.05, 0.1) is 6.04 Å². The van der Waals surface area contributed by atoms with Gasteiger partial charge in [-0.1, -0.05) is 13.8 Å². The Kier molecular flexibility index (Phi) is 3.23. The molecule has 1 fully saturated rings. The summed E-state index contributed by atoms with van der Waals surface area (Å²) in [5, 5.41) is 5.51. The van der Waals surface area contributed by atoms with E-state index >= 15 is 0 Å². The van der Waals surface area contributed by atoms with Gasteiger partial charge in [0.15, 0.2) is 0 Å². The SMILES string of the molecule is CC(N)c1nc(C(=O)NCC2CC2(C)C)cs1. The first-order valence-corrected chi connectivity index (χ1v) is 6.77. The van der Waals surface area contributed by atoms with Crippen molar-refractivity contribution in [3.8, 4) is 0 Å². The molecule has 17 heavy (non-hydrogen) atoms. The van der Waals surface area contributed by atoms with Crippen molar-refractivity contribution in [2.24, 2.45) is 17.1 Å². The minimum absolute atomic E-state index is 0.0872. The number of thiazole rings is 1. The summed E-state index contributed by atoms with van der Waals surface area (Å²) in [6, 6.07) is -0.107. The molecule has 1 aromatic heterocycles. The maximum absolute atomic E-state index is 11.8. The van der Waals surface area contributed by atoms with Gasteiger partial charge in [0.2, 0.25) is 0 Å². The van der Waals surface area contributed by atoms with Crippen LogP contribution in [0.25, 0.3) is 0 Å². The van der Waals surface area contributed by atoms with E-state index in [-0.39, 0.29) is 11.9 Å². The quantitative estimate of drug-likeness (QED) is 0.861. The van der Waals surface area contributed by atoms with Gasteiger partial charge in [-0.15, -0.1) is 11.3 Å². The van der Waals surface area contributed by atoms with Gasteiger partial charge in [0.25, 0.3) is 5.91 Å². The summed E-state index contributed by atoms with van der Waals surface area (Å²) in [5.74, 6) is 0.522. The number of hydrogen-bond acceptors (Lipinski definition) is 4. The molecule has 1 amide bonds. The van der Waals surface area contributed by atoms with Crippen LogP contribution in [-0.4, -0.2) is 17.4 Å². The second-order valence-electron chi connectivity index (χ2n) is 5.46. The molecular weight excluding hydrogens is 234 g/mol. The smallest absolute Gasteiger partial charge is 0.270 e. The van der Waals surface area contributed by atoms with E-state index in [4.69, 9.17) is 5.73 Å². The molecule has 0 saturated heterocycles. The number of aromatic nitrogens is 1. The fraction of sp³-hybridized carbons (Fsp3) is 0.667. The van der Waals surface area contributed by atoms with E-state index in [0.717, 1.165) is 11.6 Å². The number of nitrogens with zero attached hydrogens (tertiary/aromatic N) is 1. The van der Waals surface area contributed by atoms with Gasteiger partial charge in [-0.05, 0) is 24.7 Å². The zero-order valence-corrected chi connectivity index (χ0v) is 11.3. The Morgan fingerprint density at radius 1 is 1.76 bits per heavy atom. The number of nitrogens with two attached hydrogens (primary N) is 1. The molecule has 1 aliphatic rings. The second kappa shape index (κ2) is 4.38. The van der Waals surface area contributed by atoms with E-state index in [1.165, 1.54) is 17.8 Å². The van der Waals surface area contributed by atoms with Crippen LogP contribution in [0.5, 0.6) is 0 Å². The number of carbonyl (C=O) groups excluding carboxylic acids is 1. The number of hydrogen-bond donors (Lipinski definition) is 2. The Bertz CT molecular complexity index is 425. The summed E-state index contributed by atoms with van der Waals surface area (Å²) in [6.45, 7) is 7.06. The van der Waals surface area contributed by atoms with E-state index in [9.17, 15) is 4.79 Å². The highest BCUT2D eigenvalue weighted by atomic mass is 32.1. The topological polar surface area (TPSA) is 68.0 Å². The molecule has 0 spiro atoms. The van der Waals surface area contributed by atoms with Gasteiger partial charge >= 0.3 is 0 Å². The number of nitrogens with one attached hydrogen (secondary N) is 1. The third-order valence-corrected chi connectivity index (χ3v) is 4.42. The first-order valence-electron chi connectivity index (χ1n) is 5.89. The van der Waals surface area contributed by atoms with Gasteiger partial charge in [-0.2, -0.15) is 0 Å². The molecule has 94 valence electrons. The molecule has 1 aromatic rings. The molecular formula is C12H19N3OS. The molecule has 2 atom stereocenters. The normalized spacial score (nSPS) is 23.2. The molecule has 0 bridgehead atoms. The molecule has 0 aliphatic heterocycles. The van der Waals surface area contributed by atoms with Crippen molar-refractivity contribution in [1.29, 1.82) is 0 Å². The number of carbonyl (C=O) groups is 1. The lowest BCUT2D eigenvalue weighted by molar-refractivity contribution is 0.0946. The third-order valence-electron chi connectivity index (χ3n) is 3.37. The average Bonchev–Trinajstić information content (AvgIpc) is 2.68. The molecule has 4 nitrogen and oxygen atoms in total. The predicted molar refractivity (Wildman–Crippen MR) is 68.9 cm³/mol. The van der Waals surface area contributed by atoms with Crippen molar-refractivity contribution in [1.82, 2.24) is 10.3 Å². The fourth-order valence-corrected chi connectivity index (χ4v) is 2.59. The van der Waals surface area contributed by atoms with Gasteiger partial charge < -0.3 is 11.1 Å². The monoisotopic (exact) mass is 253 g/mol. The van der Waals surface area contributed by atoms with Crippen molar-refractivity contribution in [3.63, 3.8) is 0 Å². The van der Waals surface area contributed by atoms with E-state index < -0.39 is 0 Å². The van der Waals surface area contributed by atoms with E-state index in [2.05, 4.69) is 24.1 Å². The Labute approximate surface area is 106 Å². The lowest BCUT2D eigenvalue weighted by atomic mass is 10.1. The van der Waals surface area contributed by atoms with Crippen molar-refractivity contribution >= 4 is 17.2 Å². The predicted octanol–water partition coefficient (Wildman–Crippen LogP) is 1.94. The Morgan fingerprint density at radius 2 is 2.41 bits per heavy atom. The van der Waals surface area contributed by atoms with Gasteiger partial charge in [-0.25, -0.2) is 4.98 Å². The average molecular weight is 253 g/mol. The zero-order valence-electron chi connectivity index (χ0n) is 10.5. The maximum atomic E-state index is 11.8. The first-order chi connectivity index (χ1) is 7.90. The van der Waals surface area contributed by atoms with Crippen LogP contribution in [0.4, 0.5) is 0 Å². The highest BCUT2D eigenvalue weighted by molar-refractivity contribution is 7.09. The largest absolute Gasteiger partial charge is 0.350 e. The standard InChI is InChI=1S/C12H19N3OS/c1-7(13)11-15-9(6-17-11)10(16)14-5-8-4-12(8,2)3/h6-8H,4-5,13H2,1-3H3,(H,14,16). The van der Waals surface area contributed by atoms with Crippen LogP contribution in [0, 0.1) is 11.3 Å². The summed E-state index contributed by atoms with van der Waals surface area (Å²) >= 11 is 1.44. The van der Waals surface area contributed by atoms with Crippen molar-refractivity contribution in [2.75, 3.05) is 6.54 Å². The van der Waals surface area contributed by atoms with Crippen LogP contribution < -0.4 is 11.1 Å². The molecule has 2 unspecified atom stereocenters. The van der Waals surface area contributed by atoms with Gasteiger partial charge in [0, 0.05) is 11.9 Å². The molecule has 1 saturated carbocycles. The van der Waals surface area contributed by atoms with Gasteiger partial charge in [0.1, 0.15) is 10.7 Å². The first kappa shape index (κ1) is 12.5. The van der Waals surface area contributed by atoms with Crippen LogP contribution in [0.15, 0.2) is 5.38 Å². The van der Waals surface area contributed by atoms with Crippen molar-refractivity contribution in [3.05, 3.63) is 16.1 Å². The molecule has 1 heterocycles. The van der Waals surface area contributed by atoms with E-state index in [1.54, 1.807) is 5.38 Å². The lowest BCUT2D eigenvalue weighted by Crippen LogP contribution is -2.27. The molecule has 5 heteroatoms. The lowest BCUT2D eigenvalue weighted by Gasteiger charge is -2.04. The van der Waals surface area contributed by atoms with Crippen LogP contribution in [0.3, 0.4) is 0 Å². The zero-order chi connectivity index (χ0) is 12.6. The Hall–Kier alpha value is -0.940. The van der Waals surface area contributed by atoms with Crippen molar-refractivity contribution in [2.45, 2.75) is 33.2 Å². The minimum atomic E-state index is -0.107. The van der Waals surface area contributed by atoms with Crippen LogP contribution >= 0.6 is 11.3 Å². The molecule has 0 radical (unpaired) electrons. The molecule has 0 aromatic carbocycles. The maximum Gasteiger partial charge on any atom is 0.270 e. The summed E-state index contributed by atoms with van der Waals surface area (Å²) < 4.78 is 0. The van der Waals surface area contributed by atoms with Crippen LogP contribution in [0.2, 0.25) is 0 Å². The molecule has 1 aliphatic carbocycles. The fourth-order valence-electron chi connectivity index (χ4n) is 1.83. The highest BCUT2D eigenvalue weighted by Crippen LogP contribution is 2.50. The summed E-state index contributed by atoms with van der Waals surface area (Å²) in [4.78, 5) is 16.0. The Morgan fingerprint density at radius 3 is 2.88 bits per heavy atom. The second-order valence-corrected chi connectivity index (χ2v) is 6.35. The van der Waals surface area contributed by atoms with E-state index in [1.807, 2.05) is 6.92 Å². The minimum Gasteiger partial charge on any atom is -0.350 e. The third kappa shape index (κ3) is 2.84. The Balaban J connectivity index is 1.87. The van der Waals surface area contributed by atoms with E-state index in [0.29, 0.717) is 17.0 Å². The number of amides is 1. The number of rotatable bonds is 4. The van der Waals surface area contributed by atoms with Crippen LogP contribution in [0.1, 0.15) is 48.7 Å².